The van der Waals surface area contributed by atoms with Crippen molar-refractivity contribution in [2.24, 2.45) is 0 Å². The molecule has 1 amide bonds. The summed E-state index contributed by atoms with van der Waals surface area (Å²) in [6.45, 7) is 0.995. The van der Waals surface area contributed by atoms with Crippen molar-refractivity contribution in [2.75, 3.05) is 18.6 Å². The van der Waals surface area contributed by atoms with E-state index in [9.17, 15) is 9.59 Å². The van der Waals surface area contributed by atoms with Gasteiger partial charge in [-0.2, -0.15) is 0 Å². The van der Waals surface area contributed by atoms with Crippen LogP contribution in [0.1, 0.15) is 15.9 Å². The van der Waals surface area contributed by atoms with Crippen molar-refractivity contribution in [1.82, 2.24) is 4.90 Å². The van der Waals surface area contributed by atoms with E-state index in [-0.39, 0.29) is 0 Å². The Bertz CT molecular complexity index is 745. The number of fused-ring (bicyclic) bond motifs is 1. The number of hydrogen-bond acceptors (Lipinski definition) is 3. The second kappa shape index (κ2) is 5.91. The lowest BCUT2D eigenvalue weighted by Gasteiger charge is -2.24. The molecule has 0 bridgehead atoms. The zero-order chi connectivity index (χ0) is 15.7. The second-order valence-corrected chi connectivity index (χ2v) is 5.80. The Kier molecular flexibility index (Phi) is 3.96. The number of halogens is 1. The van der Waals surface area contributed by atoms with E-state index in [0.717, 1.165) is 5.56 Å². The molecule has 0 spiro atoms. The van der Waals surface area contributed by atoms with E-state index in [4.69, 9.17) is 11.6 Å². The molecule has 0 aromatic heterocycles. The molecule has 4 nitrogen and oxygen atoms in total. The molecule has 5 heteroatoms. The van der Waals surface area contributed by atoms with Crippen LogP contribution in [0.3, 0.4) is 0 Å². The zero-order valence-corrected chi connectivity index (χ0v) is 12.9. The maximum Gasteiger partial charge on any atom is 0.300 e. The largest absolute Gasteiger partial charge is 0.300 e. The van der Waals surface area contributed by atoms with E-state index in [1.807, 2.05) is 42.3 Å². The van der Waals surface area contributed by atoms with Crippen molar-refractivity contribution >= 4 is 29.0 Å². The summed E-state index contributed by atoms with van der Waals surface area (Å²) in [5.41, 5.74) is 2.21. The molecule has 0 saturated heterocycles. The minimum absolute atomic E-state index is 0.355. The van der Waals surface area contributed by atoms with E-state index in [1.165, 1.54) is 4.90 Å². The van der Waals surface area contributed by atoms with Gasteiger partial charge in [-0.3, -0.25) is 19.4 Å². The van der Waals surface area contributed by atoms with Crippen LogP contribution in [0.5, 0.6) is 0 Å². The average Bonchev–Trinajstić information content (AvgIpc) is 2.73. The van der Waals surface area contributed by atoms with E-state index >= 15 is 0 Å². The fraction of sp³-hybridized carbons (Fsp3) is 0.176. The van der Waals surface area contributed by atoms with Crippen molar-refractivity contribution in [2.45, 2.75) is 6.54 Å². The SMILES string of the molecule is CN(Cc1cccc(Cl)c1)CN1C(=O)C(=O)c2ccccc21. The second-order valence-electron chi connectivity index (χ2n) is 5.36. The Morgan fingerprint density at radius 3 is 2.64 bits per heavy atom. The van der Waals surface area contributed by atoms with Crippen LogP contribution in [0.15, 0.2) is 48.5 Å². The molecule has 0 atom stereocenters. The third kappa shape index (κ3) is 2.75. The van der Waals surface area contributed by atoms with Gasteiger partial charge in [-0.15, -0.1) is 0 Å². The first-order valence-electron chi connectivity index (χ1n) is 6.94. The van der Waals surface area contributed by atoms with Gasteiger partial charge in [0, 0.05) is 11.6 Å². The lowest BCUT2D eigenvalue weighted by molar-refractivity contribution is -0.114. The van der Waals surface area contributed by atoms with Gasteiger partial charge in [-0.25, -0.2) is 0 Å². The Balaban J connectivity index is 1.76. The predicted molar refractivity (Wildman–Crippen MR) is 86.0 cm³/mol. The maximum atomic E-state index is 12.1. The van der Waals surface area contributed by atoms with Gasteiger partial charge >= 0.3 is 5.91 Å². The molecule has 112 valence electrons. The van der Waals surface area contributed by atoms with E-state index in [0.29, 0.717) is 29.5 Å². The smallest absolute Gasteiger partial charge is 0.291 e. The summed E-state index contributed by atoms with van der Waals surface area (Å²) in [7, 11) is 1.90. The van der Waals surface area contributed by atoms with Gasteiger partial charge in [-0.1, -0.05) is 35.9 Å². The molecule has 0 N–H and O–H groups in total. The van der Waals surface area contributed by atoms with Crippen LogP contribution in [-0.4, -0.2) is 30.3 Å². The number of Topliss-reactive ketones (excluding diaryl/α,β-unsaturated/α-hetero) is 1. The van der Waals surface area contributed by atoms with Gasteiger partial charge in [0.15, 0.2) is 0 Å². The van der Waals surface area contributed by atoms with E-state index in [1.54, 1.807) is 18.2 Å². The van der Waals surface area contributed by atoms with Gasteiger partial charge in [0.05, 0.1) is 17.9 Å². The Morgan fingerprint density at radius 2 is 1.86 bits per heavy atom. The Hall–Kier alpha value is -2.17. The summed E-state index contributed by atoms with van der Waals surface area (Å²) >= 11 is 5.98. The highest BCUT2D eigenvalue weighted by atomic mass is 35.5. The van der Waals surface area contributed by atoms with Crippen LogP contribution in [0.25, 0.3) is 0 Å². The van der Waals surface area contributed by atoms with Crippen molar-refractivity contribution in [3.8, 4) is 0 Å². The summed E-state index contributed by atoms with van der Waals surface area (Å²) in [4.78, 5) is 27.6. The van der Waals surface area contributed by atoms with Gasteiger partial charge in [0.1, 0.15) is 0 Å². The highest BCUT2D eigenvalue weighted by Crippen LogP contribution is 2.28. The minimum atomic E-state index is -0.473. The van der Waals surface area contributed by atoms with Gasteiger partial charge in [-0.05, 0) is 36.9 Å². The molecule has 1 aliphatic heterocycles. The number of ketones is 1. The number of amides is 1. The number of rotatable bonds is 4. The van der Waals surface area contributed by atoms with Crippen molar-refractivity contribution in [1.29, 1.82) is 0 Å². The average molecular weight is 315 g/mol. The number of benzene rings is 2. The fourth-order valence-electron chi connectivity index (χ4n) is 2.63. The first-order chi connectivity index (χ1) is 10.6. The normalized spacial score (nSPS) is 13.9. The summed E-state index contributed by atoms with van der Waals surface area (Å²) in [6, 6.07) is 14.7. The van der Waals surface area contributed by atoms with Crippen LogP contribution < -0.4 is 4.90 Å². The predicted octanol–water partition coefficient (Wildman–Crippen LogP) is 2.96. The lowest BCUT2D eigenvalue weighted by atomic mass is 10.1. The molecule has 0 saturated carbocycles. The lowest BCUT2D eigenvalue weighted by Crippen LogP contribution is -2.38. The van der Waals surface area contributed by atoms with Crippen LogP contribution in [-0.2, 0) is 11.3 Å². The molecule has 0 radical (unpaired) electrons. The molecule has 3 rings (SSSR count). The molecular weight excluding hydrogens is 300 g/mol. The Labute approximate surface area is 133 Å². The van der Waals surface area contributed by atoms with Crippen molar-refractivity contribution < 1.29 is 9.59 Å². The van der Waals surface area contributed by atoms with Crippen molar-refractivity contribution in [3.63, 3.8) is 0 Å². The topological polar surface area (TPSA) is 40.6 Å². The number of hydrogen-bond donors (Lipinski definition) is 0. The molecule has 0 fully saturated rings. The quantitative estimate of drug-likeness (QED) is 0.815. The molecule has 0 aliphatic carbocycles. The number of para-hydroxylation sites is 1. The number of nitrogens with zero attached hydrogens (tertiary/aromatic N) is 2. The molecular formula is C17H15ClN2O2. The van der Waals surface area contributed by atoms with E-state index in [2.05, 4.69) is 0 Å². The minimum Gasteiger partial charge on any atom is -0.291 e. The Morgan fingerprint density at radius 1 is 1.09 bits per heavy atom. The van der Waals surface area contributed by atoms with Crippen molar-refractivity contribution in [3.05, 3.63) is 64.7 Å². The third-order valence-corrected chi connectivity index (χ3v) is 3.84. The third-order valence-electron chi connectivity index (χ3n) is 3.60. The summed E-state index contributed by atoms with van der Waals surface area (Å²) in [6.07, 6.45) is 0. The highest BCUT2D eigenvalue weighted by molar-refractivity contribution is 6.52. The first-order valence-corrected chi connectivity index (χ1v) is 7.32. The number of carbonyl (C=O) groups excluding carboxylic acids is 2. The number of carbonyl (C=O) groups is 2. The highest BCUT2D eigenvalue weighted by Gasteiger charge is 2.35. The van der Waals surface area contributed by atoms with Crippen LogP contribution in [0.2, 0.25) is 5.02 Å². The van der Waals surface area contributed by atoms with Gasteiger partial charge in [0.25, 0.3) is 5.78 Å². The molecule has 2 aromatic carbocycles. The summed E-state index contributed by atoms with van der Waals surface area (Å²) in [5, 5.41) is 0.684. The maximum absolute atomic E-state index is 12.1. The van der Waals surface area contributed by atoms with Crippen LogP contribution in [0.4, 0.5) is 5.69 Å². The fourth-order valence-corrected chi connectivity index (χ4v) is 2.84. The molecule has 0 unspecified atom stereocenters. The molecule has 1 aliphatic rings. The number of anilines is 1. The van der Waals surface area contributed by atoms with Crippen LogP contribution >= 0.6 is 11.6 Å². The summed E-state index contributed by atoms with van der Waals surface area (Å²) in [5.74, 6) is -0.911. The van der Waals surface area contributed by atoms with Gasteiger partial charge in [0.2, 0.25) is 0 Å². The first kappa shape index (κ1) is 14.8. The molecule has 1 heterocycles. The standard InChI is InChI=1S/C17H15ClN2O2/c1-19(10-12-5-4-6-13(18)9-12)11-20-15-8-3-2-7-14(15)16(21)17(20)22/h2-9H,10-11H2,1H3. The molecule has 22 heavy (non-hydrogen) atoms. The summed E-state index contributed by atoms with van der Waals surface area (Å²) < 4.78 is 0. The van der Waals surface area contributed by atoms with Crippen LogP contribution in [0, 0.1) is 0 Å². The zero-order valence-electron chi connectivity index (χ0n) is 12.1. The van der Waals surface area contributed by atoms with Gasteiger partial charge < -0.3 is 0 Å². The van der Waals surface area contributed by atoms with E-state index < -0.39 is 11.7 Å². The monoisotopic (exact) mass is 314 g/mol. The molecule has 2 aromatic rings.